The number of halogens is 1. The molecule has 1 aliphatic heterocycles. The Morgan fingerprint density at radius 3 is 3.08 bits per heavy atom. The highest BCUT2D eigenvalue weighted by molar-refractivity contribution is 9.10. The van der Waals surface area contributed by atoms with Crippen molar-refractivity contribution in [2.75, 3.05) is 0 Å². The van der Waals surface area contributed by atoms with E-state index in [-0.39, 0.29) is 0 Å². The summed E-state index contributed by atoms with van der Waals surface area (Å²) in [5.74, 6) is 0.685. The lowest BCUT2D eigenvalue weighted by molar-refractivity contribution is -0.145. The zero-order chi connectivity index (χ0) is 16.8. The maximum Gasteiger partial charge on any atom is 0.322 e. The molecule has 124 valence electrons. The first kappa shape index (κ1) is 15.3. The molecule has 4 rings (SSSR count). The number of carboxylic acid groups (broad SMARTS) is 1. The summed E-state index contributed by atoms with van der Waals surface area (Å²) in [6, 6.07) is 3.24. The third kappa shape index (κ3) is 2.59. The van der Waals surface area contributed by atoms with E-state index in [2.05, 4.69) is 31.1 Å². The lowest BCUT2D eigenvalue weighted by atomic mass is 10.1. The molecule has 1 atom stereocenters. The molecule has 0 aromatic carbocycles. The maximum atomic E-state index is 11.7. The molecule has 1 N–H and O–H groups in total. The molecular weight excluding hydrogens is 376 g/mol. The van der Waals surface area contributed by atoms with Crippen molar-refractivity contribution in [3.05, 3.63) is 46.3 Å². The van der Waals surface area contributed by atoms with E-state index >= 15 is 0 Å². The predicted octanol–water partition coefficient (Wildman–Crippen LogP) is 1.47. The smallest absolute Gasteiger partial charge is 0.322 e. The fourth-order valence-electron chi connectivity index (χ4n) is 3.05. The highest BCUT2D eigenvalue weighted by Crippen LogP contribution is 2.21. The average Bonchev–Trinajstić information content (AvgIpc) is 3.09. The van der Waals surface area contributed by atoms with Crippen LogP contribution in [0.25, 0.3) is 5.65 Å². The number of carbonyl (C=O) groups is 1. The fraction of sp³-hybridized carbons (Fsp3) is 0.333. The number of aliphatic carboxylic acids is 1. The Bertz CT molecular complexity index is 933. The second-order valence-corrected chi connectivity index (χ2v) is 6.79. The molecule has 0 saturated heterocycles. The van der Waals surface area contributed by atoms with Crippen LogP contribution in [0.3, 0.4) is 0 Å². The largest absolute Gasteiger partial charge is 0.480 e. The van der Waals surface area contributed by atoms with E-state index in [1.165, 1.54) is 0 Å². The molecule has 8 nitrogen and oxygen atoms in total. The molecule has 3 aromatic heterocycles. The van der Waals surface area contributed by atoms with Gasteiger partial charge in [0.05, 0.1) is 18.8 Å². The molecule has 0 aliphatic carbocycles. The van der Waals surface area contributed by atoms with Gasteiger partial charge in [0.2, 0.25) is 0 Å². The van der Waals surface area contributed by atoms with Gasteiger partial charge in [0.1, 0.15) is 23.3 Å². The third-order valence-corrected chi connectivity index (χ3v) is 4.77. The van der Waals surface area contributed by atoms with Gasteiger partial charge in [-0.3, -0.25) is 9.69 Å². The molecular formula is C15H15BrN6O2. The van der Waals surface area contributed by atoms with Gasteiger partial charge >= 0.3 is 5.97 Å². The number of pyridine rings is 1. The van der Waals surface area contributed by atoms with Gasteiger partial charge in [0.15, 0.2) is 0 Å². The van der Waals surface area contributed by atoms with E-state index in [1.54, 1.807) is 0 Å². The number of rotatable bonds is 3. The van der Waals surface area contributed by atoms with Gasteiger partial charge in [-0.25, -0.2) is 4.98 Å². The van der Waals surface area contributed by atoms with Crippen LogP contribution in [0.15, 0.2) is 29.0 Å². The molecule has 0 spiro atoms. The summed E-state index contributed by atoms with van der Waals surface area (Å²) < 4.78 is 4.75. The Morgan fingerprint density at radius 1 is 1.46 bits per heavy atom. The SMILES string of the molecule is Cc1nnc2n1CC(C(=O)O)N(Cc1cn3ccc(Br)cc3n1)C2. The van der Waals surface area contributed by atoms with E-state index in [0.29, 0.717) is 19.6 Å². The monoisotopic (exact) mass is 390 g/mol. The first-order valence-electron chi connectivity index (χ1n) is 7.50. The minimum atomic E-state index is -0.847. The number of hydrogen-bond acceptors (Lipinski definition) is 5. The molecule has 9 heteroatoms. The van der Waals surface area contributed by atoms with Crippen molar-refractivity contribution >= 4 is 27.5 Å². The Hall–Kier alpha value is -2.26. The van der Waals surface area contributed by atoms with Gasteiger partial charge in [0.25, 0.3) is 0 Å². The Labute approximate surface area is 145 Å². The van der Waals surface area contributed by atoms with E-state index < -0.39 is 12.0 Å². The Balaban J connectivity index is 1.64. The summed E-state index contributed by atoms with van der Waals surface area (Å²) in [5.41, 5.74) is 1.64. The number of aromatic nitrogens is 5. The van der Waals surface area contributed by atoms with Crippen LogP contribution in [-0.2, 0) is 24.4 Å². The number of fused-ring (bicyclic) bond motifs is 2. The summed E-state index contributed by atoms with van der Waals surface area (Å²) >= 11 is 3.43. The highest BCUT2D eigenvalue weighted by Gasteiger charge is 2.33. The van der Waals surface area contributed by atoms with Crippen LogP contribution in [0.1, 0.15) is 17.3 Å². The van der Waals surface area contributed by atoms with E-state index in [0.717, 1.165) is 27.5 Å². The summed E-state index contributed by atoms with van der Waals surface area (Å²) in [6.07, 6.45) is 3.84. The van der Waals surface area contributed by atoms with Crippen LogP contribution in [0.2, 0.25) is 0 Å². The zero-order valence-corrected chi connectivity index (χ0v) is 14.5. The van der Waals surface area contributed by atoms with E-state index in [4.69, 9.17) is 0 Å². The van der Waals surface area contributed by atoms with Gasteiger partial charge in [-0.1, -0.05) is 15.9 Å². The average molecular weight is 391 g/mol. The van der Waals surface area contributed by atoms with Gasteiger partial charge in [-0.2, -0.15) is 0 Å². The van der Waals surface area contributed by atoms with Gasteiger partial charge in [-0.05, 0) is 19.1 Å². The van der Waals surface area contributed by atoms with Gasteiger partial charge in [0, 0.05) is 23.4 Å². The van der Waals surface area contributed by atoms with Gasteiger partial charge < -0.3 is 14.1 Å². The van der Waals surface area contributed by atoms with Crippen molar-refractivity contribution in [2.45, 2.75) is 32.6 Å². The number of hydrogen-bond donors (Lipinski definition) is 1. The Kier molecular flexibility index (Phi) is 3.61. The number of imidazole rings is 1. The summed E-state index contributed by atoms with van der Waals surface area (Å²) in [6.45, 7) is 3.07. The predicted molar refractivity (Wildman–Crippen MR) is 88.3 cm³/mol. The first-order valence-corrected chi connectivity index (χ1v) is 8.29. The highest BCUT2D eigenvalue weighted by atomic mass is 79.9. The van der Waals surface area contributed by atoms with Crippen molar-refractivity contribution in [3.8, 4) is 0 Å². The van der Waals surface area contributed by atoms with Crippen molar-refractivity contribution in [2.24, 2.45) is 0 Å². The van der Waals surface area contributed by atoms with Crippen molar-refractivity contribution in [3.63, 3.8) is 0 Å². The summed E-state index contributed by atoms with van der Waals surface area (Å²) in [7, 11) is 0. The summed E-state index contributed by atoms with van der Waals surface area (Å²) in [5, 5.41) is 17.8. The zero-order valence-electron chi connectivity index (χ0n) is 12.9. The minimum Gasteiger partial charge on any atom is -0.480 e. The second kappa shape index (κ2) is 5.67. The molecule has 0 radical (unpaired) electrons. The minimum absolute atomic E-state index is 0.350. The molecule has 0 bridgehead atoms. The third-order valence-electron chi connectivity index (χ3n) is 4.28. The van der Waals surface area contributed by atoms with Crippen molar-refractivity contribution in [1.82, 2.24) is 29.0 Å². The molecule has 0 amide bonds. The van der Waals surface area contributed by atoms with Crippen LogP contribution < -0.4 is 0 Å². The lowest BCUT2D eigenvalue weighted by Gasteiger charge is -2.32. The molecule has 4 heterocycles. The lowest BCUT2D eigenvalue weighted by Crippen LogP contribution is -2.47. The van der Waals surface area contributed by atoms with Crippen LogP contribution in [0.4, 0.5) is 0 Å². The number of nitrogens with zero attached hydrogens (tertiary/aromatic N) is 6. The quantitative estimate of drug-likeness (QED) is 0.728. The van der Waals surface area contributed by atoms with Crippen molar-refractivity contribution in [1.29, 1.82) is 0 Å². The number of carboxylic acids is 1. The topological polar surface area (TPSA) is 88.5 Å². The molecule has 0 fully saturated rings. The molecule has 24 heavy (non-hydrogen) atoms. The normalized spacial score (nSPS) is 18.0. The van der Waals surface area contributed by atoms with Crippen LogP contribution in [-0.4, -0.2) is 46.2 Å². The first-order chi connectivity index (χ1) is 11.5. The van der Waals surface area contributed by atoms with E-state index in [9.17, 15) is 9.90 Å². The number of aryl methyl sites for hydroxylation is 1. The maximum absolute atomic E-state index is 11.7. The molecule has 3 aromatic rings. The van der Waals surface area contributed by atoms with Crippen LogP contribution in [0, 0.1) is 6.92 Å². The van der Waals surface area contributed by atoms with Gasteiger partial charge in [-0.15, -0.1) is 10.2 Å². The molecule has 0 saturated carbocycles. The Morgan fingerprint density at radius 2 is 2.29 bits per heavy atom. The fourth-order valence-corrected chi connectivity index (χ4v) is 3.38. The second-order valence-electron chi connectivity index (χ2n) is 5.88. The van der Waals surface area contributed by atoms with Crippen LogP contribution >= 0.6 is 15.9 Å². The van der Waals surface area contributed by atoms with Crippen LogP contribution in [0.5, 0.6) is 0 Å². The van der Waals surface area contributed by atoms with Crippen molar-refractivity contribution < 1.29 is 9.90 Å². The summed E-state index contributed by atoms with van der Waals surface area (Å²) in [4.78, 5) is 18.1. The standard InChI is InChI=1S/C15H15BrN6O2/c1-9-18-19-14-8-21(12(15(23)24)7-22(9)14)6-11-5-20-3-2-10(16)4-13(20)17-11/h2-5,12H,6-8H2,1H3,(H,23,24). The molecule has 1 unspecified atom stereocenters. The van der Waals surface area contributed by atoms with E-state index in [1.807, 2.05) is 45.3 Å². The molecule has 1 aliphatic rings.